The minimum absolute atomic E-state index is 0.151. The smallest absolute Gasteiger partial charge is 0.264 e. The van der Waals surface area contributed by atoms with Crippen molar-refractivity contribution in [2.24, 2.45) is 0 Å². The molecule has 0 bridgehead atoms. The largest absolute Gasteiger partial charge is 0.391 e. The Kier molecular flexibility index (Phi) is 4.09. The highest BCUT2D eigenvalue weighted by Gasteiger charge is 2.33. The van der Waals surface area contributed by atoms with Crippen molar-refractivity contribution in [2.75, 3.05) is 26.2 Å². The highest BCUT2D eigenvalue weighted by molar-refractivity contribution is 7.20. The Balaban J connectivity index is 1.42. The topological polar surface area (TPSA) is 43.8 Å². The van der Waals surface area contributed by atoms with Crippen molar-refractivity contribution >= 4 is 27.3 Å². The SMILES string of the molecule is O=C(c1cc2ccccc2s1)N1CCN(C2CCCC2O)CC1. The fraction of sp³-hybridized carbons (Fsp3) is 0.500. The van der Waals surface area contributed by atoms with E-state index in [1.54, 1.807) is 11.3 Å². The molecule has 2 atom stereocenters. The molecule has 2 aromatic rings. The van der Waals surface area contributed by atoms with Gasteiger partial charge in [-0.3, -0.25) is 9.69 Å². The van der Waals surface area contributed by atoms with Gasteiger partial charge in [-0.05, 0) is 36.8 Å². The summed E-state index contributed by atoms with van der Waals surface area (Å²) in [5.74, 6) is 0.151. The average molecular weight is 330 g/mol. The summed E-state index contributed by atoms with van der Waals surface area (Å²) in [4.78, 5) is 17.9. The number of hydrogen-bond donors (Lipinski definition) is 1. The molecule has 0 spiro atoms. The van der Waals surface area contributed by atoms with Crippen LogP contribution in [0.2, 0.25) is 0 Å². The van der Waals surface area contributed by atoms with Crippen LogP contribution in [0.1, 0.15) is 28.9 Å². The first-order valence-corrected chi connectivity index (χ1v) is 9.24. The third-order valence-corrected chi connectivity index (χ3v) is 6.25. The van der Waals surface area contributed by atoms with Crippen LogP contribution in [-0.4, -0.2) is 59.1 Å². The van der Waals surface area contributed by atoms with Crippen molar-refractivity contribution in [1.29, 1.82) is 0 Å². The van der Waals surface area contributed by atoms with Crippen LogP contribution in [-0.2, 0) is 0 Å². The minimum Gasteiger partial charge on any atom is -0.391 e. The second-order valence-corrected chi connectivity index (χ2v) is 7.63. The van der Waals surface area contributed by atoms with E-state index in [0.29, 0.717) is 6.04 Å². The van der Waals surface area contributed by atoms with Gasteiger partial charge in [-0.15, -0.1) is 11.3 Å². The number of carbonyl (C=O) groups excluding carboxylic acids is 1. The fourth-order valence-corrected chi connectivity index (χ4v) is 4.88. The van der Waals surface area contributed by atoms with Gasteiger partial charge in [-0.25, -0.2) is 0 Å². The Bertz CT molecular complexity index is 673. The first kappa shape index (κ1) is 15.1. The van der Waals surface area contributed by atoms with Gasteiger partial charge in [-0.2, -0.15) is 0 Å². The predicted molar refractivity (Wildman–Crippen MR) is 92.9 cm³/mol. The van der Waals surface area contributed by atoms with Gasteiger partial charge in [0, 0.05) is 36.9 Å². The Morgan fingerprint density at radius 3 is 2.61 bits per heavy atom. The Morgan fingerprint density at radius 1 is 1.13 bits per heavy atom. The van der Waals surface area contributed by atoms with Crippen LogP contribution in [0.25, 0.3) is 10.1 Å². The summed E-state index contributed by atoms with van der Waals surface area (Å²) in [6.07, 6.45) is 2.95. The van der Waals surface area contributed by atoms with Crippen LogP contribution in [0, 0.1) is 0 Å². The summed E-state index contributed by atoms with van der Waals surface area (Å²) in [7, 11) is 0. The molecule has 2 aliphatic rings. The van der Waals surface area contributed by atoms with E-state index in [1.165, 1.54) is 4.70 Å². The second kappa shape index (κ2) is 6.23. The number of aliphatic hydroxyl groups is 1. The lowest BCUT2D eigenvalue weighted by atomic mass is 10.1. The van der Waals surface area contributed by atoms with Crippen molar-refractivity contribution < 1.29 is 9.90 Å². The second-order valence-electron chi connectivity index (χ2n) is 6.54. The fourth-order valence-electron chi connectivity index (χ4n) is 3.85. The summed E-state index contributed by atoms with van der Waals surface area (Å²) < 4.78 is 1.17. The van der Waals surface area contributed by atoms with E-state index in [1.807, 2.05) is 23.1 Å². The molecule has 1 aliphatic heterocycles. The molecule has 1 aromatic carbocycles. The maximum atomic E-state index is 12.7. The van der Waals surface area contributed by atoms with Crippen molar-refractivity contribution in [2.45, 2.75) is 31.4 Å². The van der Waals surface area contributed by atoms with E-state index in [9.17, 15) is 9.90 Å². The third-order valence-electron chi connectivity index (χ3n) is 5.15. The number of fused-ring (bicyclic) bond motifs is 1. The molecule has 1 aromatic heterocycles. The number of aliphatic hydroxyl groups excluding tert-OH is 1. The number of hydrogen-bond acceptors (Lipinski definition) is 4. The molecule has 2 unspecified atom stereocenters. The van der Waals surface area contributed by atoms with Crippen molar-refractivity contribution in [3.8, 4) is 0 Å². The standard InChI is InChI=1S/C18H22N2O2S/c21-15-6-3-5-14(15)19-8-10-20(11-9-19)18(22)17-12-13-4-1-2-7-16(13)23-17/h1-2,4,7,12,14-15,21H,3,5-6,8-11H2. The van der Waals surface area contributed by atoms with E-state index < -0.39 is 0 Å². The van der Waals surface area contributed by atoms with Gasteiger partial charge in [-0.1, -0.05) is 18.2 Å². The molecule has 1 N–H and O–H groups in total. The van der Waals surface area contributed by atoms with Gasteiger partial charge in [0.25, 0.3) is 5.91 Å². The minimum atomic E-state index is -0.181. The quantitative estimate of drug-likeness (QED) is 0.920. The number of nitrogens with zero attached hydrogens (tertiary/aromatic N) is 2. The number of amides is 1. The highest BCUT2D eigenvalue weighted by atomic mass is 32.1. The lowest BCUT2D eigenvalue weighted by Gasteiger charge is -2.38. The molecular formula is C18H22N2O2S. The summed E-state index contributed by atoms with van der Waals surface area (Å²) in [5.41, 5.74) is 0. The molecule has 23 heavy (non-hydrogen) atoms. The van der Waals surface area contributed by atoms with Crippen molar-refractivity contribution in [1.82, 2.24) is 9.80 Å². The van der Waals surface area contributed by atoms with Gasteiger partial charge >= 0.3 is 0 Å². The maximum absolute atomic E-state index is 12.7. The molecule has 1 amide bonds. The van der Waals surface area contributed by atoms with Crippen molar-refractivity contribution in [3.05, 3.63) is 35.2 Å². The predicted octanol–water partition coefficient (Wildman–Crippen LogP) is 2.57. The van der Waals surface area contributed by atoms with Gasteiger partial charge in [0.15, 0.2) is 0 Å². The maximum Gasteiger partial charge on any atom is 0.264 e. The van der Waals surface area contributed by atoms with Gasteiger partial charge in [0.2, 0.25) is 0 Å². The molecule has 2 heterocycles. The van der Waals surface area contributed by atoms with Crippen LogP contribution < -0.4 is 0 Å². The van der Waals surface area contributed by atoms with Gasteiger partial charge in [0.1, 0.15) is 0 Å². The summed E-state index contributed by atoms with van der Waals surface area (Å²) >= 11 is 1.58. The summed E-state index contributed by atoms with van der Waals surface area (Å²) in [6.45, 7) is 3.27. The average Bonchev–Trinajstić information content (AvgIpc) is 3.20. The Hall–Kier alpha value is -1.43. The number of benzene rings is 1. The van der Waals surface area contributed by atoms with E-state index in [-0.39, 0.29) is 12.0 Å². The van der Waals surface area contributed by atoms with Crippen LogP contribution >= 0.6 is 11.3 Å². The number of thiophene rings is 1. The van der Waals surface area contributed by atoms with E-state index in [0.717, 1.165) is 55.7 Å². The molecule has 4 nitrogen and oxygen atoms in total. The van der Waals surface area contributed by atoms with Crippen molar-refractivity contribution in [3.63, 3.8) is 0 Å². The van der Waals surface area contributed by atoms with Crippen LogP contribution in [0.15, 0.2) is 30.3 Å². The number of carbonyl (C=O) groups is 1. The molecule has 1 saturated heterocycles. The van der Waals surface area contributed by atoms with E-state index >= 15 is 0 Å². The number of rotatable bonds is 2. The Morgan fingerprint density at radius 2 is 1.91 bits per heavy atom. The first-order valence-electron chi connectivity index (χ1n) is 8.42. The molecule has 5 heteroatoms. The third kappa shape index (κ3) is 2.89. The molecule has 1 aliphatic carbocycles. The normalized spacial score (nSPS) is 26.0. The Labute approximate surface area is 140 Å². The van der Waals surface area contributed by atoms with Crippen LogP contribution in [0.3, 0.4) is 0 Å². The van der Waals surface area contributed by atoms with E-state index in [4.69, 9.17) is 0 Å². The molecule has 4 rings (SSSR count). The van der Waals surface area contributed by atoms with Gasteiger partial charge < -0.3 is 10.0 Å². The highest BCUT2D eigenvalue weighted by Crippen LogP contribution is 2.28. The zero-order valence-electron chi connectivity index (χ0n) is 13.1. The van der Waals surface area contributed by atoms with Crippen LogP contribution in [0.4, 0.5) is 0 Å². The monoisotopic (exact) mass is 330 g/mol. The molecule has 122 valence electrons. The molecule has 0 radical (unpaired) electrons. The molecule has 1 saturated carbocycles. The van der Waals surface area contributed by atoms with E-state index in [2.05, 4.69) is 17.0 Å². The zero-order chi connectivity index (χ0) is 15.8. The molecular weight excluding hydrogens is 308 g/mol. The first-order chi connectivity index (χ1) is 11.2. The summed E-state index contributed by atoms with van der Waals surface area (Å²) in [5, 5.41) is 11.2. The lowest BCUT2D eigenvalue weighted by molar-refractivity contribution is 0.0318. The van der Waals surface area contributed by atoms with Gasteiger partial charge in [0.05, 0.1) is 11.0 Å². The summed E-state index contributed by atoms with van der Waals surface area (Å²) in [6, 6.07) is 10.5. The zero-order valence-corrected chi connectivity index (χ0v) is 14.0. The van der Waals surface area contributed by atoms with Crippen LogP contribution in [0.5, 0.6) is 0 Å². The lowest BCUT2D eigenvalue weighted by Crippen LogP contribution is -2.53. The number of piperazine rings is 1. The molecule has 2 fully saturated rings.